The Bertz CT molecular complexity index is 424. The average molecular weight is 305 g/mol. The van der Waals surface area contributed by atoms with Gasteiger partial charge in [-0.1, -0.05) is 71.0 Å². The molecule has 0 unspecified atom stereocenters. The third-order valence-corrected chi connectivity index (χ3v) is 9.18. The Labute approximate surface area is 132 Å². The number of benzene rings is 1. The first-order valence-corrected chi connectivity index (χ1v) is 10.9. The lowest BCUT2D eigenvalue weighted by atomic mass is 9.98. The zero-order chi connectivity index (χ0) is 15.9. The van der Waals surface area contributed by atoms with E-state index in [1.165, 1.54) is 29.3 Å². The van der Waals surface area contributed by atoms with Crippen molar-refractivity contribution in [1.29, 1.82) is 0 Å². The lowest BCUT2D eigenvalue weighted by Gasteiger charge is -2.35. The van der Waals surface area contributed by atoms with Crippen LogP contribution in [-0.4, -0.2) is 14.4 Å². The van der Waals surface area contributed by atoms with Crippen molar-refractivity contribution < 1.29 is 4.43 Å². The van der Waals surface area contributed by atoms with Crippen LogP contribution in [0.25, 0.3) is 6.08 Å². The van der Waals surface area contributed by atoms with E-state index in [1.54, 1.807) is 0 Å². The quantitative estimate of drug-likeness (QED) is 0.524. The van der Waals surface area contributed by atoms with Gasteiger partial charge in [0.25, 0.3) is 0 Å². The molecule has 0 fully saturated rings. The minimum atomic E-state index is -1.56. The first-order chi connectivity index (χ1) is 9.98. The van der Waals surface area contributed by atoms with E-state index in [1.807, 2.05) is 0 Å². The molecule has 0 amide bonds. The fourth-order valence-corrected chi connectivity index (χ4v) is 5.92. The Balaban J connectivity index is 2.99. The van der Waals surface area contributed by atoms with Gasteiger partial charge in [-0.05, 0) is 42.1 Å². The van der Waals surface area contributed by atoms with Crippen molar-refractivity contribution in [2.45, 2.75) is 65.8 Å². The van der Waals surface area contributed by atoms with E-state index in [0.29, 0.717) is 5.92 Å². The monoisotopic (exact) mass is 304 g/mol. The minimum absolute atomic E-state index is 0.247. The van der Waals surface area contributed by atoms with Crippen LogP contribution in [0.2, 0.25) is 18.1 Å². The van der Waals surface area contributed by atoms with Gasteiger partial charge in [-0.15, -0.1) is 0 Å². The summed E-state index contributed by atoms with van der Waals surface area (Å²) in [4.78, 5) is 0. The molecule has 0 aliphatic rings. The second-order valence-electron chi connectivity index (χ2n) is 6.33. The van der Waals surface area contributed by atoms with Gasteiger partial charge in [0.15, 0.2) is 8.32 Å². The van der Waals surface area contributed by atoms with Crippen molar-refractivity contribution in [3.63, 3.8) is 0 Å². The van der Waals surface area contributed by atoms with Gasteiger partial charge in [0.1, 0.15) is 0 Å². The molecule has 0 aliphatic carbocycles. The molecule has 0 saturated heterocycles. The summed E-state index contributed by atoms with van der Waals surface area (Å²) in [7, 11) is -1.56. The maximum Gasteiger partial charge on any atom is 0.192 e. The molecule has 1 nitrogen and oxygen atoms in total. The third kappa shape index (κ3) is 5.12. The lowest BCUT2D eigenvalue weighted by molar-refractivity contribution is 0.172. The Morgan fingerprint density at radius 2 is 1.57 bits per heavy atom. The summed E-state index contributed by atoms with van der Waals surface area (Å²) in [5.41, 5.74) is 2.62. The van der Waals surface area contributed by atoms with Gasteiger partial charge in [-0.3, -0.25) is 0 Å². The van der Waals surface area contributed by atoms with E-state index in [4.69, 9.17) is 4.43 Å². The molecule has 0 bridgehead atoms. The van der Waals surface area contributed by atoms with Crippen LogP contribution in [0.5, 0.6) is 0 Å². The van der Waals surface area contributed by atoms with Crippen LogP contribution in [-0.2, 0) is 4.43 Å². The Kier molecular flexibility index (Phi) is 7.40. The Hall–Kier alpha value is -0.863. The van der Waals surface area contributed by atoms with Crippen LogP contribution in [0.4, 0.5) is 0 Å². The average Bonchev–Trinajstić information content (AvgIpc) is 2.50. The molecule has 0 spiro atoms. The van der Waals surface area contributed by atoms with Crippen LogP contribution in [0.1, 0.15) is 47.1 Å². The first-order valence-electron chi connectivity index (χ1n) is 8.39. The molecular formula is C19H32OSi. The van der Waals surface area contributed by atoms with Crippen LogP contribution in [0, 0.1) is 5.92 Å². The Morgan fingerprint density at radius 3 is 2.00 bits per heavy atom. The molecule has 1 atom stereocenters. The molecule has 0 saturated carbocycles. The molecule has 1 rings (SSSR count). The molecular weight excluding hydrogens is 272 g/mol. The molecule has 0 aromatic heterocycles. The highest BCUT2D eigenvalue weighted by Gasteiger charge is 2.33. The highest BCUT2D eigenvalue weighted by molar-refractivity contribution is 6.73. The number of hydrogen-bond acceptors (Lipinski definition) is 1. The molecule has 0 N–H and O–H groups in total. The topological polar surface area (TPSA) is 9.23 Å². The second-order valence-corrected chi connectivity index (χ2v) is 11.0. The van der Waals surface area contributed by atoms with Gasteiger partial charge in [-0.2, -0.15) is 0 Å². The zero-order valence-corrected chi connectivity index (χ0v) is 15.6. The van der Waals surface area contributed by atoms with Gasteiger partial charge in [-0.25, -0.2) is 0 Å². The smallest absolute Gasteiger partial charge is 0.192 e. The molecule has 21 heavy (non-hydrogen) atoms. The number of rotatable bonds is 8. The summed E-state index contributed by atoms with van der Waals surface area (Å²) >= 11 is 0. The van der Waals surface area contributed by atoms with Gasteiger partial charge in [0, 0.05) is 0 Å². The molecule has 0 radical (unpaired) electrons. The summed E-state index contributed by atoms with van der Waals surface area (Å²) in [5, 5.41) is 0. The van der Waals surface area contributed by atoms with Crippen LogP contribution in [0.3, 0.4) is 0 Å². The Morgan fingerprint density at radius 1 is 1.05 bits per heavy atom. The van der Waals surface area contributed by atoms with E-state index in [2.05, 4.69) is 78.0 Å². The van der Waals surface area contributed by atoms with Gasteiger partial charge >= 0.3 is 0 Å². The van der Waals surface area contributed by atoms with Crippen molar-refractivity contribution in [3.05, 3.63) is 41.5 Å². The highest BCUT2D eigenvalue weighted by Crippen LogP contribution is 2.29. The SMILES string of the molecule is CC[Si](CC)(CC)O[C@H](/C(C)=C/c1ccccc1)C(C)C. The molecule has 118 valence electrons. The molecule has 1 aromatic carbocycles. The number of hydrogen-bond donors (Lipinski definition) is 0. The zero-order valence-electron chi connectivity index (χ0n) is 14.6. The van der Waals surface area contributed by atoms with E-state index < -0.39 is 8.32 Å². The maximum absolute atomic E-state index is 6.75. The van der Waals surface area contributed by atoms with E-state index in [0.717, 1.165) is 0 Å². The van der Waals surface area contributed by atoms with Crippen molar-refractivity contribution in [3.8, 4) is 0 Å². The van der Waals surface area contributed by atoms with Crippen LogP contribution in [0.15, 0.2) is 35.9 Å². The summed E-state index contributed by atoms with van der Waals surface area (Å²) in [5.74, 6) is 0.515. The predicted octanol–water partition coefficient (Wildman–Crippen LogP) is 6.14. The molecule has 0 aliphatic heterocycles. The van der Waals surface area contributed by atoms with Crippen molar-refractivity contribution in [2.24, 2.45) is 5.92 Å². The summed E-state index contributed by atoms with van der Waals surface area (Å²) in [6, 6.07) is 14.2. The van der Waals surface area contributed by atoms with Crippen molar-refractivity contribution >= 4 is 14.4 Å². The standard InChI is InChI=1S/C19H32OSi/c1-7-21(8-2,9-3)20-19(16(4)5)17(6)15-18-13-11-10-12-14-18/h10-16,19H,7-9H2,1-6H3/b17-15+/t19-/m0/s1. The van der Waals surface area contributed by atoms with Gasteiger partial charge < -0.3 is 4.43 Å². The van der Waals surface area contributed by atoms with Crippen LogP contribution >= 0.6 is 0 Å². The second kappa shape index (κ2) is 8.55. The summed E-state index contributed by atoms with van der Waals surface area (Å²) in [6.45, 7) is 13.7. The predicted molar refractivity (Wildman–Crippen MR) is 97.0 cm³/mol. The lowest BCUT2D eigenvalue weighted by Crippen LogP contribution is -2.42. The summed E-state index contributed by atoms with van der Waals surface area (Å²) in [6.07, 6.45) is 2.53. The fraction of sp³-hybridized carbons (Fsp3) is 0.579. The maximum atomic E-state index is 6.75. The van der Waals surface area contributed by atoms with Crippen LogP contribution < -0.4 is 0 Å². The van der Waals surface area contributed by atoms with Gasteiger partial charge in [0.05, 0.1) is 6.10 Å². The summed E-state index contributed by atoms with van der Waals surface area (Å²) < 4.78 is 6.75. The van der Waals surface area contributed by atoms with Crippen molar-refractivity contribution in [2.75, 3.05) is 0 Å². The van der Waals surface area contributed by atoms with Crippen molar-refractivity contribution in [1.82, 2.24) is 0 Å². The molecule has 1 aromatic rings. The van der Waals surface area contributed by atoms with Gasteiger partial charge in [0.2, 0.25) is 0 Å². The highest BCUT2D eigenvalue weighted by atomic mass is 28.4. The largest absolute Gasteiger partial charge is 0.410 e. The van der Waals surface area contributed by atoms with E-state index in [-0.39, 0.29) is 6.10 Å². The van der Waals surface area contributed by atoms with E-state index >= 15 is 0 Å². The fourth-order valence-electron chi connectivity index (χ4n) is 2.92. The first kappa shape index (κ1) is 18.2. The molecule has 2 heteroatoms. The van der Waals surface area contributed by atoms with E-state index in [9.17, 15) is 0 Å². The molecule has 0 heterocycles. The third-order valence-electron chi connectivity index (χ3n) is 4.56. The normalized spacial score (nSPS) is 14.5. The minimum Gasteiger partial charge on any atom is -0.410 e.